The van der Waals surface area contributed by atoms with Crippen LogP contribution in [0.15, 0.2) is 36.4 Å². The van der Waals surface area contributed by atoms with E-state index in [0.29, 0.717) is 17.8 Å². The molecule has 0 aromatic carbocycles. The highest BCUT2D eigenvalue weighted by Gasteiger charge is 2.17. The molecule has 0 atom stereocenters. The van der Waals surface area contributed by atoms with Gasteiger partial charge in [0.1, 0.15) is 0 Å². The highest BCUT2D eigenvalue weighted by atomic mass is 15.3. The van der Waals surface area contributed by atoms with E-state index in [1.165, 1.54) is 0 Å². The molecule has 4 heterocycles. The lowest BCUT2D eigenvalue weighted by atomic mass is 10.5. The third-order valence-electron chi connectivity index (χ3n) is 5.01. The van der Waals surface area contributed by atoms with Crippen LogP contribution in [0.1, 0.15) is 34.2 Å². The Labute approximate surface area is 159 Å². The van der Waals surface area contributed by atoms with E-state index < -0.39 is 0 Å². The third-order valence-corrected chi connectivity index (χ3v) is 5.01. The van der Waals surface area contributed by atoms with E-state index in [1.54, 1.807) is 0 Å². The number of nitrogens with zero attached hydrogens (tertiary/aromatic N) is 6. The molecule has 0 spiro atoms. The molecule has 27 heavy (non-hydrogen) atoms. The van der Waals surface area contributed by atoms with Gasteiger partial charge in [0, 0.05) is 34.2 Å². The van der Waals surface area contributed by atoms with Crippen molar-refractivity contribution in [2.75, 3.05) is 0 Å². The third kappa shape index (κ3) is 2.77. The minimum atomic E-state index is 0.634. The quantitative estimate of drug-likeness (QED) is 0.553. The zero-order chi connectivity index (χ0) is 19.3. The molecule has 0 radical (unpaired) electrons. The largest absolute Gasteiger partial charge is 0.287 e. The fraction of sp³-hybridized carbons (Fsp3) is 0.286. The molecule has 0 unspecified atom stereocenters. The van der Waals surface area contributed by atoms with E-state index in [1.807, 2.05) is 0 Å². The fourth-order valence-corrected chi connectivity index (χ4v) is 3.60. The molecule has 0 aliphatic carbocycles. The van der Waals surface area contributed by atoms with Crippen molar-refractivity contribution < 1.29 is 0 Å². The van der Waals surface area contributed by atoms with Crippen molar-refractivity contribution in [3.05, 3.63) is 70.6 Å². The van der Waals surface area contributed by atoms with Gasteiger partial charge in [-0.1, -0.05) is 0 Å². The lowest BCUT2D eigenvalue weighted by molar-refractivity contribution is 0.759. The zero-order valence-electron chi connectivity index (χ0n) is 16.6. The molecule has 6 heteroatoms. The molecule has 6 nitrogen and oxygen atoms in total. The minimum absolute atomic E-state index is 0.634. The Balaban J connectivity index is 2.04. The first-order chi connectivity index (χ1) is 12.9. The Morgan fingerprint density at radius 1 is 0.407 bits per heavy atom. The average Bonchev–Trinajstić information content (AvgIpc) is 3.25. The van der Waals surface area contributed by atoms with Gasteiger partial charge < -0.3 is 0 Å². The van der Waals surface area contributed by atoms with Crippen molar-refractivity contribution in [3.8, 4) is 17.8 Å². The summed E-state index contributed by atoms with van der Waals surface area (Å²) in [6, 6.07) is 12.5. The van der Waals surface area contributed by atoms with Gasteiger partial charge >= 0.3 is 0 Å². The molecule has 0 bridgehead atoms. The van der Waals surface area contributed by atoms with Crippen LogP contribution >= 0.6 is 0 Å². The maximum absolute atomic E-state index is 4.82. The van der Waals surface area contributed by atoms with Gasteiger partial charge in [-0.05, 0) is 77.9 Å². The van der Waals surface area contributed by atoms with E-state index in [4.69, 9.17) is 15.0 Å². The van der Waals surface area contributed by atoms with Crippen LogP contribution in [0.2, 0.25) is 0 Å². The fourth-order valence-electron chi connectivity index (χ4n) is 3.60. The number of rotatable bonds is 3. The van der Waals surface area contributed by atoms with Crippen molar-refractivity contribution in [1.29, 1.82) is 0 Å². The van der Waals surface area contributed by atoms with E-state index in [-0.39, 0.29) is 0 Å². The first kappa shape index (κ1) is 17.3. The number of aryl methyl sites for hydroxylation is 6. The van der Waals surface area contributed by atoms with Crippen LogP contribution < -0.4 is 0 Å². The average molecular weight is 360 g/mol. The Morgan fingerprint density at radius 2 is 0.593 bits per heavy atom. The Kier molecular flexibility index (Phi) is 3.98. The smallest absolute Gasteiger partial charge is 0.240 e. The Bertz CT molecular complexity index is 928. The van der Waals surface area contributed by atoms with Crippen LogP contribution in [0.4, 0.5) is 0 Å². The number of hydrogen-bond acceptors (Lipinski definition) is 3. The van der Waals surface area contributed by atoms with Gasteiger partial charge in [-0.2, -0.15) is 15.0 Å². The van der Waals surface area contributed by atoms with Gasteiger partial charge in [0.2, 0.25) is 17.8 Å². The molecule has 0 aliphatic rings. The second-order valence-corrected chi connectivity index (χ2v) is 7.09. The second kappa shape index (κ2) is 6.23. The topological polar surface area (TPSA) is 53.5 Å². The highest BCUT2D eigenvalue weighted by Crippen LogP contribution is 2.20. The summed E-state index contributed by atoms with van der Waals surface area (Å²) in [5.74, 6) is 1.90. The SMILES string of the molecule is Cc1ccc(C)n1-c1nc(-n2c(C)ccc2C)nc(-n2c(C)ccc2C)n1. The Hall–Kier alpha value is -3.15. The van der Waals surface area contributed by atoms with Crippen LogP contribution in [-0.2, 0) is 0 Å². The maximum atomic E-state index is 4.82. The van der Waals surface area contributed by atoms with Crippen LogP contribution in [0.3, 0.4) is 0 Å². The van der Waals surface area contributed by atoms with Gasteiger partial charge in [0.25, 0.3) is 0 Å². The van der Waals surface area contributed by atoms with Crippen LogP contribution in [0.25, 0.3) is 17.8 Å². The van der Waals surface area contributed by atoms with Crippen LogP contribution in [0.5, 0.6) is 0 Å². The van der Waals surface area contributed by atoms with Crippen molar-refractivity contribution in [2.24, 2.45) is 0 Å². The summed E-state index contributed by atoms with van der Waals surface area (Å²) in [6.45, 7) is 12.4. The minimum Gasteiger partial charge on any atom is -0.287 e. The molecule has 0 saturated carbocycles. The predicted molar refractivity (Wildman–Crippen MR) is 106 cm³/mol. The molecule has 0 saturated heterocycles. The second-order valence-electron chi connectivity index (χ2n) is 7.09. The van der Waals surface area contributed by atoms with Gasteiger partial charge in [0.05, 0.1) is 0 Å². The molecular formula is C21H24N6. The molecule has 0 aliphatic heterocycles. The summed E-state index contributed by atoms with van der Waals surface area (Å²) in [5.41, 5.74) is 6.57. The molecule has 4 aromatic rings. The summed E-state index contributed by atoms with van der Waals surface area (Å²) in [4.78, 5) is 14.5. The lowest BCUT2D eigenvalue weighted by Crippen LogP contribution is -2.16. The van der Waals surface area contributed by atoms with Gasteiger partial charge in [-0.3, -0.25) is 13.7 Å². The summed E-state index contributed by atoms with van der Waals surface area (Å²) in [7, 11) is 0. The van der Waals surface area contributed by atoms with Crippen LogP contribution in [-0.4, -0.2) is 28.7 Å². The lowest BCUT2D eigenvalue weighted by Gasteiger charge is -2.15. The predicted octanol–water partition coefficient (Wildman–Crippen LogP) is 4.09. The van der Waals surface area contributed by atoms with E-state index in [2.05, 4.69) is 91.6 Å². The first-order valence-corrected chi connectivity index (χ1v) is 9.09. The van der Waals surface area contributed by atoms with E-state index in [9.17, 15) is 0 Å². The number of hydrogen-bond donors (Lipinski definition) is 0. The van der Waals surface area contributed by atoms with E-state index in [0.717, 1.165) is 34.2 Å². The molecule has 138 valence electrons. The van der Waals surface area contributed by atoms with Crippen LogP contribution in [0, 0.1) is 41.5 Å². The molecule has 0 N–H and O–H groups in total. The molecule has 4 aromatic heterocycles. The molecular weight excluding hydrogens is 336 g/mol. The first-order valence-electron chi connectivity index (χ1n) is 9.09. The maximum Gasteiger partial charge on any atom is 0.240 e. The van der Waals surface area contributed by atoms with Gasteiger partial charge in [0.15, 0.2) is 0 Å². The summed E-state index contributed by atoms with van der Waals surface area (Å²) >= 11 is 0. The highest BCUT2D eigenvalue weighted by molar-refractivity contribution is 5.36. The Morgan fingerprint density at radius 3 is 0.778 bits per heavy atom. The molecule has 0 amide bonds. The van der Waals surface area contributed by atoms with E-state index >= 15 is 0 Å². The zero-order valence-corrected chi connectivity index (χ0v) is 16.6. The standard InChI is InChI=1S/C21H24N6/c1-13-7-8-14(2)25(13)19-22-20(26-15(3)9-10-16(26)4)24-21(23-19)27-17(5)11-12-18(27)6/h7-12H,1-6H3. The summed E-state index contributed by atoms with van der Waals surface area (Å²) < 4.78 is 6.20. The monoisotopic (exact) mass is 360 g/mol. The van der Waals surface area contributed by atoms with Crippen molar-refractivity contribution in [2.45, 2.75) is 41.5 Å². The molecule has 0 fully saturated rings. The normalized spacial score (nSPS) is 11.3. The molecule has 4 rings (SSSR count). The van der Waals surface area contributed by atoms with Gasteiger partial charge in [-0.15, -0.1) is 0 Å². The summed E-state index contributed by atoms with van der Waals surface area (Å²) in [6.07, 6.45) is 0. The van der Waals surface area contributed by atoms with Gasteiger partial charge in [-0.25, -0.2) is 0 Å². The van der Waals surface area contributed by atoms with Crippen molar-refractivity contribution in [3.63, 3.8) is 0 Å². The van der Waals surface area contributed by atoms with Crippen molar-refractivity contribution >= 4 is 0 Å². The summed E-state index contributed by atoms with van der Waals surface area (Å²) in [5, 5.41) is 0. The number of aromatic nitrogens is 6. The van der Waals surface area contributed by atoms with Crippen molar-refractivity contribution in [1.82, 2.24) is 28.7 Å².